The molecule has 5 nitrogen and oxygen atoms in total. The van der Waals surface area contributed by atoms with Crippen molar-refractivity contribution in [2.45, 2.75) is 6.92 Å². The van der Waals surface area contributed by atoms with Gasteiger partial charge in [-0.25, -0.2) is 9.78 Å². The van der Waals surface area contributed by atoms with E-state index < -0.39 is 0 Å². The van der Waals surface area contributed by atoms with Gasteiger partial charge < -0.3 is 15.4 Å². The summed E-state index contributed by atoms with van der Waals surface area (Å²) in [6.45, 7) is 2.44. The molecule has 2 amide bonds. The standard InChI is InChI=1S/C24H21N3O2S/c1-2-29-22-14-7-6-13-20(22)27-24(28)25-19-12-8-11-18(15-19)21-16-30-23(26-21)17-9-4-3-5-10-17/h3-16H,2H2,1H3,(H2,25,27,28). The first kappa shape index (κ1) is 19.7. The van der Waals surface area contributed by atoms with Gasteiger partial charge in [-0.3, -0.25) is 0 Å². The molecule has 0 bridgehead atoms. The molecule has 0 aliphatic rings. The van der Waals surface area contributed by atoms with Crippen LogP contribution in [0.1, 0.15) is 6.92 Å². The quantitative estimate of drug-likeness (QED) is 0.377. The number of amides is 2. The zero-order chi connectivity index (χ0) is 20.8. The van der Waals surface area contributed by atoms with E-state index in [1.165, 1.54) is 0 Å². The van der Waals surface area contributed by atoms with Gasteiger partial charge in [0.1, 0.15) is 10.8 Å². The summed E-state index contributed by atoms with van der Waals surface area (Å²) < 4.78 is 5.55. The number of nitrogens with one attached hydrogen (secondary N) is 2. The van der Waals surface area contributed by atoms with Gasteiger partial charge in [-0.05, 0) is 31.2 Å². The lowest BCUT2D eigenvalue weighted by molar-refractivity contribution is 0.262. The minimum absolute atomic E-state index is 0.331. The van der Waals surface area contributed by atoms with Gasteiger partial charge in [0.25, 0.3) is 0 Å². The Labute approximate surface area is 179 Å². The summed E-state index contributed by atoms with van der Waals surface area (Å²) in [4.78, 5) is 17.2. The summed E-state index contributed by atoms with van der Waals surface area (Å²) in [5.74, 6) is 0.639. The molecule has 30 heavy (non-hydrogen) atoms. The third kappa shape index (κ3) is 4.67. The molecular weight excluding hydrogens is 394 g/mol. The van der Waals surface area contributed by atoms with Crippen LogP contribution in [0.25, 0.3) is 21.8 Å². The van der Waals surface area contributed by atoms with Gasteiger partial charge >= 0.3 is 6.03 Å². The van der Waals surface area contributed by atoms with Crippen molar-refractivity contribution in [3.05, 3.63) is 84.2 Å². The van der Waals surface area contributed by atoms with Crippen molar-refractivity contribution in [2.75, 3.05) is 17.2 Å². The van der Waals surface area contributed by atoms with Gasteiger partial charge in [-0.15, -0.1) is 11.3 Å². The van der Waals surface area contributed by atoms with Crippen molar-refractivity contribution in [1.29, 1.82) is 0 Å². The molecule has 0 fully saturated rings. The fraction of sp³-hybridized carbons (Fsp3) is 0.0833. The predicted molar refractivity (Wildman–Crippen MR) is 123 cm³/mol. The molecule has 3 aromatic carbocycles. The van der Waals surface area contributed by atoms with Crippen molar-refractivity contribution >= 4 is 28.7 Å². The van der Waals surface area contributed by atoms with Crippen molar-refractivity contribution < 1.29 is 9.53 Å². The smallest absolute Gasteiger partial charge is 0.323 e. The minimum Gasteiger partial charge on any atom is -0.492 e. The van der Waals surface area contributed by atoms with Crippen LogP contribution in [-0.4, -0.2) is 17.6 Å². The number of para-hydroxylation sites is 2. The first-order chi connectivity index (χ1) is 14.7. The number of anilines is 2. The molecule has 0 atom stereocenters. The summed E-state index contributed by atoms with van der Waals surface area (Å²) >= 11 is 1.60. The number of ether oxygens (including phenoxy) is 1. The van der Waals surface area contributed by atoms with Gasteiger partial charge in [0, 0.05) is 22.2 Å². The number of benzene rings is 3. The summed E-state index contributed by atoms with van der Waals surface area (Å²) in [5.41, 5.74) is 4.23. The molecule has 0 aliphatic carbocycles. The molecule has 0 saturated carbocycles. The van der Waals surface area contributed by atoms with E-state index in [-0.39, 0.29) is 6.03 Å². The fourth-order valence-electron chi connectivity index (χ4n) is 3.01. The molecule has 1 heterocycles. The minimum atomic E-state index is -0.331. The number of rotatable bonds is 6. The third-order valence-electron chi connectivity index (χ3n) is 4.38. The molecule has 2 N–H and O–H groups in total. The second-order valence-corrected chi connectivity index (χ2v) is 7.35. The lowest BCUT2D eigenvalue weighted by atomic mass is 10.1. The molecule has 0 spiro atoms. The van der Waals surface area contributed by atoms with E-state index in [1.807, 2.05) is 85.1 Å². The van der Waals surface area contributed by atoms with E-state index in [4.69, 9.17) is 9.72 Å². The number of urea groups is 1. The average Bonchev–Trinajstić information content (AvgIpc) is 3.27. The van der Waals surface area contributed by atoms with Crippen molar-refractivity contribution in [3.8, 4) is 27.6 Å². The zero-order valence-electron chi connectivity index (χ0n) is 16.5. The van der Waals surface area contributed by atoms with Crippen LogP contribution < -0.4 is 15.4 Å². The average molecular weight is 416 g/mol. The predicted octanol–water partition coefficient (Wildman–Crippen LogP) is 6.52. The van der Waals surface area contributed by atoms with Crippen LogP contribution in [0.3, 0.4) is 0 Å². The topological polar surface area (TPSA) is 63.2 Å². The number of aromatic nitrogens is 1. The second kappa shape index (κ2) is 9.24. The normalized spacial score (nSPS) is 10.4. The second-order valence-electron chi connectivity index (χ2n) is 6.49. The number of carbonyl (C=O) groups excluding carboxylic acids is 1. The van der Waals surface area contributed by atoms with E-state index in [9.17, 15) is 4.79 Å². The first-order valence-electron chi connectivity index (χ1n) is 9.64. The molecule has 0 unspecified atom stereocenters. The van der Waals surface area contributed by atoms with Gasteiger partial charge in [0.05, 0.1) is 18.0 Å². The number of carbonyl (C=O) groups is 1. The summed E-state index contributed by atoms with van der Waals surface area (Å²) in [7, 11) is 0. The zero-order valence-corrected chi connectivity index (χ0v) is 17.3. The largest absolute Gasteiger partial charge is 0.492 e. The lowest BCUT2D eigenvalue weighted by Gasteiger charge is -2.12. The summed E-state index contributed by atoms with van der Waals surface area (Å²) in [6, 6.07) is 24.8. The van der Waals surface area contributed by atoms with E-state index in [1.54, 1.807) is 17.4 Å². The van der Waals surface area contributed by atoms with E-state index >= 15 is 0 Å². The highest BCUT2D eigenvalue weighted by molar-refractivity contribution is 7.13. The van der Waals surface area contributed by atoms with Crippen molar-refractivity contribution in [1.82, 2.24) is 4.98 Å². The Kier molecular flexibility index (Phi) is 6.06. The molecule has 150 valence electrons. The SMILES string of the molecule is CCOc1ccccc1NC(=O)Nc1cccc(-c2csc(-c3ccccc3)n2)c1. The molecule has 4 aromatic rings. The Morgan fingerprint density at radius 1 is 0.933 bits per heavy atom. The van der Waals surface area contributed by atoms with Gasteiger partial charge in [0.2, 0.25) is 0 Å². The molecule has 0 aliphatic heterocycles. The maximum absolute atomic E-state index is 12.5. The van der Waals surface area contributed by atoms with Gasteiger partial charge in [-0.2, -0.15) is 0 Å². The number of nitrogens with zero attached hydrogens (tertiary/aromatic N) is 1. The highest BCUT2D eigenvalue weighted by Gasteiger charge is 2.10. The van der Waals surface area contributed by atoms with Crippen LogP contribution in [0.4, 0.5) is 16.2 Å². The fourth-order valence-corrected chi connectivity index (χ4v) is 3.85. The van der Waals surface area contributed by atoms with Crippen LogP contribution in [0.15, 0.2) is 84.2 Å². The van der Waals surface area contributed by atoms with Crippen LogP contribution in [0.5, 0.6) is 5.75 Å². The lowest BCUT2D eigenvalue weighted by Crippen LogP contribution is -2.19. The molecule has 0 radical (unpaired) electrons. The van der Waals surface area contributed by atoms with Crippen molar-refractivity contribution in [3.63, 3.8) is 0 Å². The van der Waals surface area contributed by atoms with Crippen LogP contribution in [0, 0.1) is 0 Å². The maximum Gasteiger partial charge on any atom is 0.323 e. The van der Waals surface area contributed by atoms with Crippen molar-refractivity contribution in [2.24, 2.45) is 0 Å². The Balaban J connectivity index is 1.48. The van der Waals surface area contributed by atoms with Crippen LogP contribution in [0.2, 0.25) is 0 Å². The monoisotopic (exact) mass is 415 g/mol. The van der Waals surface area contributed by atoms with Crippen LogP contribution in [-0.2, 0) is 0 Å². The highest BCUT2D eigenvalue weighted by Crippen LogP contribution is 2.30. The summed E-state index contributed by atoms with van der Waals surface area (Å²) in [5, 5.41) is 8.71. The van der Waals surface area contributed by atoms with E-state index in [2.05, 4.69) is 10.6 Å². The van der Waals surface area contributed by atoms with E-state index in [0.29, 0.717) is 23.7 Å². The molecular formula is C24H21N3O2S. The van der Waals surface area contributed by atoms with E-state index in [0.717, 1.165) is 21.8 Å². The third-order valence-corrected chi connectivity index (χ3v) is 5.27. The summed E-state index contributed by atoms with van der Waals surface area (Å²) in [6.07, 6.45) is 0. The highest BCUT2D eigenvalue weighted by atomic mass is 32.1. The number of thiazole rings is 1. The molecule has 1 aromatic heterocycles. The molecule has 4 rings (SSSR count). The van der Waals surface area contributed by atoms with Gasteiger partial charge in [0.15, 0.2) is 0 Å². The van der Waals surface area contributed by atoms with Gasteiger partial charge in [-0.1, -0.05) is 54.6 Å². The Morgan fingerprint density at radius 3 is 2.53 bits per heavy atom. The Hall–Kier alpha value is -3.64. The number of hydrogen-bond acceptors (Lipinski definition) is 4. The Bertz CT molecular complexity index is 1140. The Morgan fingerprint density at radius 2 is 1.70 bits per heavy atom. The first-order valence-corrected chi connectivity index (χ1v) is 10.5. The van der Waals surface area contributed by atoms with Crippen LogP contribution >= 0.6 is 11.3 Å². The molecule has 6 heteroatoms. The maximum atomic E-state index is 12.5. The molecule has 0 saturated heterocycles. The number of hydrogen-bond donors (Lipinski definition) is 2.